The Kier molecular flexibility index (Phi) is 9.40. The fourth-order valence-electron chi connectivity index (χ4n) is 4.20. The highest BCUT2D eigenvalue weighted by Gasteiger charge is 2.46. The Bertz CT molecular complexity index is 1050. The van der Waals surface area contributed by atoms with Crippen molar-refractivity contribution in [1.82, 2.24) is 0 Å². The fourth-order valence-corrected chi connectivity index (χ4v) is 4.20. The molecule has 2 saturated heterocycles. The minimum atomic E-state index is -1.67. The number of phenols is 1. The van der Waals surface area contributed by atoms with E-state index in [0.29, 0.717) is 5.56 Å². The van der Waals surface area contributed by atoms with E-state index in [1.54, 1.807) is 24.3 Å². The van der Waals surface area contributed by atoms with Crippen molar-refractivity contribution >= 4 is 12.2 Å². The molecule has 2 aromatic carbocycles. The lowest BCUT2D eigenvalue weighted by Crippen LogP contribution is -2.60. The molecule has 10 atom stereocenters. The molecule has 2 fully saturated rings. The van der Waals surface area contributed by atoms with Crippen LogP contribution in [0.25, 0.3) is 12.2 Å². The van der Waals surface area contributed by atoms with Crippen molar-refractivity contribution in [2.24, 2.45) is 0 Å². The molecule has 13 heteroatoms. The maximum absolute atomic E-state index is 10.4. The number of phenolic OH excluding ortho intramolecular Hbond substituents is 1. The Morgan fingerprint density at radius 3 is 1.46 bits per heavy atom. The van der Waals surface area contributed by atoms with Gasteiger partial charge in [0.25, 0.3) is 0 Å². The molecule has 0 spiro atoms. The molecule has 0 radical (unpaired) electrons. The van der Waals surface area contributed by atoms with Crippen molar-refractivity contribution in [2.45, 2.75) is 61.4 Å². The topological polar surface area (TPSA) is 219 Å². The summed E-state index contributed by atoms with van der Waals surface area (Å²) in [5.74, 6) is 0.191. The summed E-state index contributed by atoms with van der Waals surface area (Å²) in [6.45, 7) is -1.29. The van der Waals surface area contributed by atoms with E-state index < -0.39 is 74.6 Å². The van der Waals surface area contributed by atoms with Crippen LogP contribution in [0, 0.1) is 0 Å². The van der Waals surface area contributed by atoms with Gasteiger partial charge in [0.15, 0.2) is 0 Å². The molecular formula is C26H32O13. The first-order chi connectivity index (χ1) is 18.6. The number of hydrogen-bond donors (Lipinski definition) is 9. The summed E-state index contributed by atoms with van der Waals surface area (Å²) in [6.07, 6.45) is -11.8. The molecule has 2 aliphatic rings. The van der Waals surface area contributed by atoms with Crippen molar-refractivity contribution in [3.8, 4) is 17.2 Å². The number of aromatic hydroxyl groups is 1. The van der Waals surface area contributed by atoms with Crippen LogP contribution >= 0.6 is 0 Å². The van der Waals surface area contributed by atoms with Gasteiger partial charge >= 0.3 is 0 Å². The molecule has 2 aliphatic heterocycles. The summed E-state index contributed by atoms with van der Waals surface area (Å²) >= 11 is 0. The van der Waals surface area contributed by atoms with Crippen molar-refractivity contribution in [2.75, 3.05) is 13.2 Å². The number of aliphatic hydroxyl groups is 8. The highest BCUT2D eigenvalue weighted by Crippen LogP contribution is 2.31. The van der Waals surface area contributed by atoms with E-state index in [1.807, 2.05) is 0 Å². The molecule has 10 unspecified atom stereocenters. The van der Waals surface area contributed by atoms with Crippen LogP contribution < -0.4 is 9.47 Å². The molecule has 39 heavy (non-hydrogen) atoms. The maximum atomic E-state index is 10.4. The number of rotatable bonds is 8. The van der Waals surface area contributed by atoms with Crippen LogP contribution in [0.5, 0.6) is 17.2 Å². The Morgan fingerprint density at radius 1 is 0.590 bits per heavy atom. The first-order valence-electron chi connectivity index (χ1n) is 12.2. The van der Waals surface area contributed by atoms with Crippen LogP contribution in [0.3, 0.4) is 0 Å². The Balaban J connectivity index is 1.62. The largest absolute Gasteiger partial charge is 0.508 e. The molecular weight excluding hydrogens is 520 g/mol. The molecule has 0 amide bonds. The maximum Gasteiger partial charge on any atom is 0.229 e. The Morgan fingerprint density at radius 2 is 1.03 bits per heavy atom. The second kappa shape index (κ2) is 12.6. The minimum absolute atomic E-state index is 0.0479. The lowest BCUT2D eigenvalue weighted by Gasteiger charge is -2.40. The van der Waals surface area contributed by atoms with Crippen LogP contribution in [-0.2, 0) is 9.47 Å². The van der Waals surface area contributed by atoms with Gasteiger partial charge in [0.1, 0.15) is 66.1 Å². The molecule has 0 aromatic heterocycles. The predicted molar refractivity (Wildman–Crippen MR) is 132 cm³/mol. The SMILES string of the molecule is OCC1OC(Oc2cc(/C=C/c3ccc(O)cc3)cc(OC3OC(CO)C(O)C(O)C3O)c2)C(O)C(O)C1O. The molecule has 2 aromatic rings. The monoisotopic (exact) mass is 552 g/mol. The lowest BCUT2D eigenvalue weighted by atomic mass is 9.99. The third-order valence-electron chi connectivity index (χ3n) is 6.47. The van der Waals surface area contributed by atoms with Gasteiger partial charge < -0.3 is 64.9 Å². The van der Waals surface area contributed by atoms with Crippen molar-refractivity contribution in [3.63, 3.8) is 0 Å². The zero-order chi connectivity index (χ0) is 28.3. The number of benzene rings is 2. The molecule has 0 saturated carbocycles. The minimum Gasteiger partial charge on any atom is -0.508 e. The van der Waals surface area contributed by atoms with Gasteiger partial charge in [0, 0.05) is 6.07 Å². The lowest BCUT2D eigenvalue weighted by molar-refractivity contribution is -0.278. The molecule has 214 valence electrons. The Labute approximate surface area is 222 Å². The smallest absolute Gasteiger partial charge is 0.229 e. The highest BCUT2D eigenvalue weighted by atomic mass is 16.7. The van der Waals surface area contributed by atoms with Crippen LogP contribution in [0.15, 0.2) is 42.5 Å². The summed E-state index contributed by atoms with van der Waals surface area (Å²) in [4.78, 5) is 0. The molecule has 13 nitrogen and oxygen atoms in total. The number of aliphatic hydroxyl groups excluding tert-OH is 8. The quantitative estimate of drug-likeness (QED) is 0.161. The summed E-state index contributed by atoms with van der Waals surface area (Å²) < 4.78 is 22.3. The fraction of sp³-hybridized carbons (Fsp3) is 0.462. The second-order valence-electron chi connectivity index (χ2n) is 9.29. The van der Waals surface area contributed by atoms with E-state index in [9.17, 15) is 46.0 Å². The number of ether oxygens (including phenoxy) is 4. The van der Waals surface area contributed by atoms with Gasteiger partial charge in [-0.1, -0.05) is 24.3 Å². The predicted octanol–water partition coefficient (Wildman–Crippen LogP) is -2.08. The molecule has 0 bridgehead atoms. The highest BCUT2D eigenvalue weighted by molar-refractivity contribution is 5.71. The Hall–Kier alpha value is -2.82. The third kappa shape index (κ3) is 6.67. The molecule has 9 N–H and O–H groups in total. The van der Waals surface area contributed by atoms with E-state index in [4.69, 9.17) is 18.9 Å². The standard InChI is InChI=1S/C26H32O13/c27-10-17-19(30)21(32)23(34)25(38-17)36-15-7-13(2-1-12-3-5-14(29)6-4-12)8-16(9-15)37-26-24(35)22(33)20(31)18(11-28)39-26/h1-9,17-35H,10-11H2/b2-1+. The number of hydrogen-bond acceptors (Lipinski definition) is 13. The van der Waals surface area contributed by atoms with Crippen LogP contribution in [-0.4, -0.2) is 121 Å². The van der Waals surface area contributed by atoms with Crippen molar-refractivity contribution < 1.29 is 64.9 Å². The molecule has 4 rings (SSSR count). The van der Waals surface area contributed by atoms with E-state index in [1.165, 1.54) is 30.3 Å². The summed E-state index contributed by atoms with van der Waals surface area (Å²) in [7, 11) is 0. The van der Waals surface area contributed by atoms with E-state index in [0.717, 1.165) is 5.56 Å². The van der Waals surface area contributed by atoms with Crippen LogP contribution in [0.2, 0.25) is 0 Å². The zero-order valence-corrected chi connectivity index (χ0v) is 20.5. The van der Waals surface area contributed by atoms with Gasteiger partial charge in [-0.2, -0.15) is 0 Å². The van der Waals surface area contributed by atoms with Gasteiger partial charge in [-0.15, -0.1) is 0 Å². The average molecular weight is 553 g/mol. The summed E-state index contributed by atoms with van der Waals surface area (Å²) in [5, 5.41) is 89.4. The van der Waals surface area contributed by atoms with E-state index in [-0.39, 0.29) is 17.2 Å². The van der Waals surface area contributed by atoms with Crippen LogP contribution in [0.4, 0.5) is 0 Å². The summed E-state index contributed by atoms with van der Waals surface area (Å²) in [5.41, 5.74) is 1.22. The van der Waals surface area contributed by atoms with Crippen molar-refractivity contribution in [1.29, 1.82) is 0 Å². The molecule has 0 aliphatic carbocycles. The van der Waals surface area contributed by atoms with E-state index in [2.05, 4.69) is 0 Å². The zero-order valence-electron chi connectivity index (χ0n) is 20.5. The van der Waals surface area contributed by atoms with Crippen molar-refractivity contribution in [3.05, 3.63) is 53.6 Å². The van der Waals surface area contributed by atoms with Gasteiger partial charge in [-0.3, -0.25) is 0 Å². The average Bonchev–Trinajstić information content (AvgIpc) is 2.93. The van der Waals surface area contributed by atoms with Gasteiger partial charge in [-0.05, 0) is 35.4 Å². The van der Waals surface area contributed by atoms with Gasteiger partial charge in [-0.25, -0.2) is 0 Å². The van der Waals surface area contributed by atoms with Crippen LogP contribution in [0.1, 0.15) is 11.1 Å². The first kappa shape index (κ1) is 29.2. The van der Waals surface area contributed by atoms with E-state index >= 15 is 0 Å². The second-order valence-corrected chi connectivity index (χ2v) is 9.29. The summed E-state index contributed by atoms with van der Waals surface area (Å²) in [6, 6.07) is 10.7. The van der Waals surface area contributed by atoms with Gasteiger partial charge in [0.2, 0.25) is 12.6 Å². The molecule has 2 heterocycles. The normalized spacial score (nSPS) is 35.2. The van der Waals surface area contributed by atoms with Gasteiger partial charge in [0.05, 0.1) is 13.2 Å². The third-order valence-corrected chi connectivity index (χ3v) is 6.47. The first-order valence-corrected chi connectivity index (χ1v) is 12.2.